The number of hydrogen-bond donors (Lipinski definition) is 2. The van der Waals surface area contributed by atoms with Gasteiger partial charge in [-0.1, -0.05) is 32.0 Å². The van der Waals surface area contributed by atoms with Crippen LogP contribution in [0, 0.1) is 5.41 Å². The number of nitrogens with one attached hydrogen (secondary N) is 1. The third-order valence-electron chi connectivity index (χ3n) is 4.96. The Morgan fingerprint density at radius 3 is 2.52 bits per heavy atom. The first-order valence-corrected chi connectivity index (χ1v) is 9.05. The molecule has 0 radical (unpaired) electrons. The normalized spacial score (nSPS) is 22.0. The van der Waals surface area contributed by atoms with Crippen LogP contribution in [0.1, 0.15) is 53.5 Å². The summed E-state index contributed by atoms with van der Waals surface area (Å²) in [5.41, 5.74) is 1.40. The van der Waals surface area contributed by atoms with E-state index in [1.807, 2.05) is 52.0 Å². The van der Waals surface area contributed by atoms with Crippen LogP contribution in [-0.4, -0.2) is 40.4 Å². The Morgan fingerprint density at radius 2 is 2.00 bits per heavy atom. The minimum Gasteiger partial charge on any atom is -0.444 e. The lowest BCUT2D eigenvalue weighted by molar-refractivity contribution is -0.0510. The highest BCUT2D eigenvalue weighted by molar-refractivity contribution is 5.68. The van der Waals surface area contributed by atoms with E-state index in [1.54, 1.807) is 4.90 Å². The van der Waals surface area contributed by atoms with Crippen molar-refractivity contribution in [2.24, 2.45) is 5.41 Å². The molecular weight excluding hydrogens is 316 g/mol. The number of rotatable bonds is 5. The molecule has 25 heavy (non-hydrogen) atoms. The summed E-state index contributed by atoms with van der Waals surface area (Å²) in [7, 11) is 0. The van der Waals surface area contributed by atoms with Gasteiger partial charge in [0.05, 0.1) is 12.6 Å². The molecule has 0 heterocycles. The summed E-state index contributed by atoms with van der Waals surface area (Å²) in [4.78, 5) is 14.1. The Bertz CT molecular complexity index is 607. The summed E-state index contributed by atoms with van der Waals surface area (Å²) in [6.07, 6.45) is 0.167. The van der Waals surface area contributed by atoms with Gasteiger partial charge >= 0.3 is 6.09 Å². The van der Waals surface area contributed by atoms with Crippen molar-refractivity contribution in [3.63, 3.8) is 0 Å². The molecule has 2 unspecified atom stereocenters. The van der Waals surface area contributed by atoms with Gasteiger partial charge in [-0.2, -0.15) is 0 Å². The third-order valence-corrected chi connectivity index (χ3v) is 4.96. The predicted octanol–water partition coefficient (Wildman–Crippen LogP) is 4.01. The highest BCUT2D eigenvalue weighted by atomic mass is 16.6. The number of benzene rings is 1. The topological polar surface area (TPSA) is 61.8 Å². The van der Waals surface area contributed by atoms with E-state index in [1.165, 1.54) is 0 Å². The summed E-state index contributed by atoms with van der Waals surface area (Å²) < 4.78 is 5.50. The molecule has 1 saturated carbocycles. The van der Waals surface area contributed by atoms with Crippen LogP contribution in [0.5, 0.6) is 0 Å². The van der Waals surface area contributed by atoms with Crippen LogP contribution in [0.2, 0.25) is 0 Å². The second kappa shape index (κ2) is 7.24. The van der Waals surface area contributed by atoms with Gasteiger partial charge in [0.1, 0.15) is 5.60 Å². The van der Waals surface area contributed by atoms with Crippen LogP contribution in [-0.2, 0) is 11.3 Å². The van der Waals surface area contributed by atoms with Gasteiger partial charge in [0.15, 0.2) is 0 Å². The quantitative estimate of drug-likeness (QED) is 0.844. The Hall–Kier alpha value is -1.75. The minimum atomic E-state index is -0.506. The molecule has 140 valence electrons. The van der Waals surface area contributed by atoms with E-state index in [-0.39, 0.29) is 23.7 Å². The van der Waals surface area contributed by atoms with Gasteiger partial charge in [0.25, 0.3) is 0 Å². The first-order valence-electron chi connectivity index (χ1n) is 9.05. The molecule has 0 aromatic heterocycles. The molecular formula is C20H32N2O3. The Balaban J connectivity index is 2.10. The predicted molar refractivity (Wildman–Crippen MR) is 101 cm³/mol. The molecule has 0 aliphatic heterocycles. The summed E-state index contributed by atoms with van der Waals surface area (Å²) in [5.74, 6) is 0. The van der Waals surface area contributed by atoms with Crippen molar-refractivity contribution >= 4 is 11.8 Å². The fourth-order valence-electron chi connectivity index (χ4n) is 2.97. The van der Waals surface area contributed by atoms with E-state index in [0.29, 0.717) is 13.1 Å². The lowest BCUT2D eigenvalue weighted by Gasteiger charge is -2.50. The van der Waals surface area contributed by atoms with Crippen molar-refractivity contribution in [2.45, 2.75) is 72.3 Å². The molecule has 0 bridgehead atoms. The van der Waals surface area contributed by atoms with Crippen molar-refractivity contribution in [2.75, 3.05) is 11.9 Å². The van der Waals surface area contributed by atoms with Crippen LogP contribution in [0.4, 0.5) is 10.5 Å². The van der Waals surface area contributed by atoms with Crippen LogP contribution in [0.15, 0.2) is 24.3 Å². The second-order valence-electron chi connectivity index (χ2n) is 8.42. The van der Waals surface area contributed by atoms with Crippen molar-refractivity contribution < 1.29 is 14.6 Å². The number of aliphatic hydroxyl groups is 1. The number of aliphatic hydroxyl groups excluding tert-OH is 1. The standard InChI is InChI=1S/C20H32N2O3/c1-7-22(18(24)25-19(2,3)4)13-14-10-8-9-11-15(14)21-16-12-17(23)20(16,5)6/h8-11,16-17,21,23H,7,12-13H2,1-6H3. The van der Waals surface area contributed by atoms with Crippen molar-refractivity contribution in [1.82, 2.24) is 4.90 Å². The summed E-state index contributed by atoms with van der Waals surface area (Å²) in [6.45, 7) is 12.8. The van der Waals surface area contributed by atoms with Crippen LogP contribution < -0.4 is 5.32 Å². The SMILES string of the molecule is CCN(Cc1ccccc1NC1CC(O)C1(C)C)C(=O)OC(C)(C)C. The monoisotopic (exact) mass is 348 g/mol. The Labute approximate surface area is 151 Å². The van der Waals surface area contributed by atoms with Gasteiger partial charge < -0.3 is 20.1 Å². The third kappa shape index (κ3) is 4.66. The highest BCUT2D eigenvalue weighted by Crippen LogP contribution is 2.42. The molecule has 5 nitrogen and oxygen atoms in total. The number of ether oxygens (including phenoxy) is 1. The molecule has 1 aromatic rings. The largest absolute Gasteiger partial charge is 0.444 e. The first-order chi connectivity index (χ1) is 11.5. The van der Waals surface area contributed by atoms with Gasteiger partial charge in [-0.3, -0.25) is 0 Å². The molecule has 1 aromatic carbocycles. The zero-order chi connectivity index (χ0) is 18.8. The number of carbonyl (C=O) groups excluding carboxylic acids is 1. The van der Waals surface area contributed by atoms with Crippen LogP contribution in [0.25, 0.3) is 0 Å². The van der Waals surface area contributed by atoms with Gasteiger partial charge in [-0.25, -0.2) is 4.79 Å². The van der Waals surface area contributed by atoms with Gasteiger partial charge in [0, 0.05) is 23.7 Å². The summed E-state index contributed by atoms with van der Waals surface area (Å²) in [5, 5.41) is 13.5. The molecule has 2 atom stereocenters. The number of para-hydroxylation sites is 1. The smallest absolute Gasteiger partial charge is 0.410 e. The molecule has 2 N–H and O–H groups in total. The van der Waals surface area contributed by atoms with E-state index in [9.17, 15) is 9.90 Å². The van der Waals surface area contributed by atoms with Crippen molar-refractivity contribution in [3.05, 3.63) is 29.8 Å². The van der Waals surface area contributed by atoms with Gasteiger partial charge in [-0.05, 0) is 45.7 Å². The maximum atomic E-state index is 12.4. The van der Waals surface area contributed by atoms with Crippen LogP contribution in [0.3, 0.4) is 0 Å². The summed E-state index contributed by atoms with van der Waals surface area (Å²) in [6, 6.07) is 8.23. The molecule has 1 aliphatic carbocycles. The van der Waals surface area contributed by atoms with E-state index in [2.05, 4.69) is 19.2 Å². The first kappa shape index (κ1) is 19.6. The zero-order valence-corrected chi connectivity index (χ0v) is 16.3. The van der Waals surface area contributed by atoms with Crippen molar-refractivity contribution in [1.29, 1.82) is 0 Å². The fourth-order valence-corrected chi connectivity index (χ4v) is 2.97. The maximum Gasteiger partial charge on any atom is 0.410 e. The number of hydrogen-bond acceptors (Lipinski definition) is 4. The van der Waals surface area contributed by atoms with E-state index in [4.69, 9.17) is 4.74 Å². The summed E-state index contributed by atoms with van der Waals surface area (Å²) >= 11 is 0. The number of amides is 1. The van der Waals surface area contributed by atoms with Crippen LogP contribution >= 0.6 is 0 Å². The Morgan fingerprint density at radius 1 is 1.36 bits per heavy atom. The minimum absolute atomic E-state index is 0.150. The molecule has 1 fully saturated rings. The van der Waals surface area contributed by atoms with E-state index in [0.717, 1.165) is 17.7 Å². The average molecular weight is 348 g/mol. The van der Waals surface area contributed by atoms with E-state index < -0.39 is 5.60 Å². The number of nitrogens with zero attached hydrogens (tertiary/aromatic N) is 1. The molecule has 2 rings (SSSR count). The zero-order valence-electron chi connectivity index (χ0n) is 16.3. The average Bonchev–Trinajstić information content (AvgIpc) is 2.51. The van der Waals surface area contributed by atoms with Gasteiger partial charge in [0.2, 0.25) is 0 Å². The highest BCUT2D eigenvalue weighted by Gasteiger charge is 2.47. The lowest BCUT2D eigenvalue weighted by atomic mass is 9.64. The second-order valence-corrected chi connectivity index (χ2v) is 8.42. The Kier molecular flexibility index (Phi) is 5.67. The number of anilines is 1. The molecule has 5 heteroatoms. The lowest BCUT2D eigenvalue weighted by Crippen LogP contribution is -2.57. The van der Waals surface area contributed by atoms with E-state index >= 15 is 0 Å². The fraction of sp³-hybridized carbons (Fsp3) is 0.650. The molecule has 1 amide bonds. The number of carbonyl (C=O) groups is 1. The molecule has 0 spiro atoms. The van der Waals surface area contributed by atoms with Crippen molar-refractivity contribution in [3.8, 4) is 0 Å². The van der Waals surface area contributed by atoms with Gasteiger partial charge in [-0.15, -0.1) is 0 Å². The maximum absolute atomic E-state index is 12.4. The molecule has 0 saturated heterocycles. The molecule has 1 aliphatic rings.